The molecule has 19 heavy (non-hydrogen) atoms. The molecule has 1 N–H and O–H groups in total. The molecule has 0 aliphatic heterocycles. The van der Waals surface area contributed by atoms with Crippen molar-refractivity contribution in [3.8, 4) is 0 Å². The molecule has 0 bridgehead atoms. The first-order valence-electron chi connectivity index (χ1n) is 3.60. The first kappa shape index (κ1) is 24.0. The van der Waals surface area contributed by atoms with E-state index in [0.29, 0.717) is 0 Å². The summed E-state index contributed by atoms with van der Waals surface area (Å²) in [5.74, 6) is 0. The van der Waals surface area contributed by atoms with E-state index in [-0.39, 0.29) is 25.5 Å². The van der Waals surface area contributed by atoms with Crippen LogP contribution in [0.2, 0.25) is 0 Å². The molecule has 0 amide bonds. The Balaban J connectivity index is -0.000000580. The molecule has 0 rings (SSSR count). The topological polar surface area (TPSA) is 103 Å². The van der Waals surface area contributed by atoms with Gasteiger partial charge in [0.2, 0.25) is 0 Å². The van der Waals surface area contributed by atoms with Crippen LogP contribution >= 0.6 is 0 Å². The minimum absolute atomic E-state index is 0. The normalized spacial score (nSPS) is 13.1. The monoisotopic (exact) mass is 333 g/mol. The number of hydrogen-bond donors (Lipinski definition) is 1. The molecule has 112 valence electrons. The van der Waals surface area contributed by atoms with E-state index in [1.807, 2.05) is 0 Å². The molecule has 0 aromatic heterocycles. The van der Waals surface area contributed by atoms with Gasteiger partial charge in [-0.1, -0.05) is 0 Å². The molecule has 0 heterocycles. The standard InChI is InChI=1S/C2F6NO4S2.C2H6O.Li/c3-1(4,5)14(10,11)9-15(12,13)2(6,7)8;1-2-3;/h;3H,2H2,1H3;/q-1;;+1. The van der Waals surface area contributed by atoms with Crippen molar-refractivity contribution in [3.05, 3.63) is 4.13 Å². The summed E-state index contributed by atoms with van der Waals surface area (Å²) in [6.45, 7) is 1.93. The van der Waals surface area contributed by atoms with Gasteiger partial charge >= 0.3 is 29.9 Å². The van der Waals surface area contributed by atoms with E-state index in [9.17, 15) is 43.2 Å². The molecular weight excluding hydrogens is 327 g/mol. The maximum absolute atomic E-state index is 11.4. The first-order valence-corrected chi connectivity index (χ1v) is 6.48. The number of aliphatic hydroxyl groups is 1. The summed E-state index contributed by atoms with van der Waals surface area (Å²) in [6, 6.07) is 0. The Bertz CT molecular complexity index is 411. The zero-order valence-corrected chi connectivity index (χ0v) is 11.0. The minimum atomic E-state index is -6.72. The first-order chi connectivity index (χ1) is 7.62. The quantitative estimate of drug-likeness (QED) is 0.468. The maximum atomic E-state index is 11.4. The summed E-state index contributed by atoms with van der Waals surface area (Å²) in [5, 5.41) is 7.57. The van der Waals surface area contributed by atoms with Gasteiger partial charge in [0.05, 0.1) is 0 Å². The molecule has 0 aliphatic rings. The summed E-state index contributed by atoms with van der Waals surface area (Å²) in [4.78, 5) is 0. The average Bonchev–Trinajstić information content (AvgIpc) is 1.98. The fourth-order valence-corrected chi connectivity index (χ4v) is 1.92. The number of aliphatic hydroxyl groups excluding tert-OH is 1. The van der Waals surface area contributed by atoms with Crippen LogP contribution in [0.15, 0.2) is 0 Å². The Morgan fingerprint density at radius 3 is 1.16 bits per heavy atom. The van der Waals surface area contributed by atoms with Gasteiger partial charge in [-0.3, -0.25) is 0 Å². The van der Waals surface area contributed by atoms with Gasteiger partial charge in [0.1, 0.15) is 0 Å². The molecule has 6 nitrogen and oxygen atoms in total. The van der Waals surface area contributed by atoms with Crippen molar-refractivity contribution in [2.45, 2.75) is 17.9 Å². The zero-order chi connectivity index (χ0) is 15.4. The van der Waals surface area contributed by atoms with E-state index >= 15 is 0 Å². The molecule has 0 radical (unpaired) electrons. The summed E-state index contributed by atoms with van der Waals surface area (Å²) < 4.78 is 109. The predicted octanol–water partition coefficient (Wildman–Crippen LogP) is -1.94. The van der Waals surface area contributed by atoms with Crippen molar-refractivity contribution in [2.24, 2.45) is 0 Å². The van der Waals surface area contributed by atoms with E-state index in [1.165, 1.54) is 0 Å². The van der Waals surface area contributed by atoms with E-state index in [2.05, 4.69) is 0 Å². The van der Waals surface area contributed by atoms with Crippen LogP contribution in [-0.4, -0.2) is 39.6 Å². The maximum Gasteiger partial charge on any atom is 1.00 e. The number of nitrogens with zero attached hydrogens (tertiary/aromatic N) is 1. The van der Waals surface area contributed by atoms with Gasteiger partial charge in [-0.25, -0.2) is 16.8 Å². The Hall–Kier alpha value is -0.00260. The van der Waals surface area contributed by atoms with Crippen LogP contribution in [0, 0.1) is 0 Å². The van der Waals surface area contributed by atoms with Crippen LogP contribution < -0.4 is 18.9 Å². The molecule has 0 saturated heterocycles. The number of hydrogen-bond acceptors (Lipinski definition) is 5. The van der Waals surface area contributed by atoms with E-state index in [4.69, 9.17) is 5.11 Å². The minimum Gasteiger partial charge on any atom is -0.421 e. The van der Waals surface area contributed by atoms with Crippen LogP contribution in [0.1, 0.15) is 6.92 Å². The second-order valence-electron chi connectivity index (χ2n) is 2.23. The Kier molecular flexibility index (Phi) is 9.74. The molecule has 15 heteroatoms. The van der Waals surface area contributed by atoms with Crippen molar-refractivity contribution in [2.75, 3.05) is 6.61 Å². The fourth-order valence-electron chi connectivity index (χ4n) is 0.214. The van der Waals surface area contributed by atoms with E-state index in [0.717, 1.165) is 4.13 Å². The van der Waals surface area contributed by atoms with Crippen molar-refractivity contribution in [3.63, 3.8) is 0 Å². The molecule has 0 aromatic rings. The Labute approximate surface area is 116 Å². The number of halogens is 6. The third kappa shape index (κ3) is 8.00. The number of sulfonamides is 2. The van der Waals surface area contributed by atoms with E-state index < -0.39 is 31.1 Å². The molecule has 0 aromatic carbocycles. The average molecular weight is 333 g/mol. The molecule has 0 fully saturated rings. The number of rotatable bonds is 2. The largest absolute Gasteiger partial charge is 1.00 e. The summed E-state index contributed by atoms with van der Waals surface area (Å²) >= 11 is 0. The predicted molar refractivity (Wildman–Crippen MR) is 46.1 cm³/mol. The van der Waals surface area contributed by atoms with Crippen LogP contribution in [0.25, 0.3) is 4.13 Å². The Morgan fingerprint density at radius 1 is 0.895 bits per heavy atom. The number of alkyl halides is 6. The summed E-state index contributed by atoms with van der Waals surface area (Å²) in [6.07, 6.45) is 0. The van der Waals surface area contributed by atoms with Gasteiger partial charge < -0.3 is 9.23 Å². The van der Waals surface area contributed by atoms with Crippen molar-refractivity contribution in [1.82, 2.24) is 0 Å². The second-order valence-corrected chi connectivity index (χ2v) is 5.65. The van der Waals surface area contributed by atoms with Gasteiger partial charge in [0, 0.05) is 6.61 Å². The molecular formula is C4H6F6LiNO5S2. The van der Waals surface area contributed by atoms with Crippen molar-refractivity contribution >= 4 is 20.0 Å². The second kappa shape index (κ2) is 7.69. The third-order valence-electron chi connectivity index (χ3n) is 0.781. The molecule has 0 atom stereocenters. The van der Waals surface area contributed by atoms with Gasteiger partial charge in [0.15, 0.2) is 20.0 Å². The molecule has 0 aliphatic carbocycles. The van der Waals surface area contributed by atoms with E-state index in [1.54, 1.807) is 6.92 Å². The van der Waals surface area contributed by atoms with Crippen LogP contribution in [0.4, 0.5) is 26.3 Å². The van der Waals surface area contributed by atoms with Gasteiger partial charge in [-0.2, -0.15) is 26.3 Å². The molecule has 0 unspecified atom stereocenters. The van der Waals surface area contributed by atoms with Gasteiger partial charge in [-0.15, -0.1) is 0 Å². The molecule has 0 saturated carbocycles. The van der Waals surface area contributed by atoms with Crippen LogP contribution in [0.3, 0.4) is 0 Å². The van der Waals surface area contributed by atoms with Gasteiger partial charge in [0.25, 0.3) is 0 Å². The Morgan fingerprint density at radius 2 is 1.05 bits per heavy atom. The third-order valence-corrected chi connectivity index (χ3v) is 3.52. The SMILES string of the molecule is CCO.O=S(=O)([N-]S(=O)(=O)C(F)(F)F)C(F)(F)F.[Li+]. The smallest absolute Gasteiger partial charge is 0.421 e. The van der Waals surface area contributed by atoms with Gasteiger partial charge in [-0.05, 0) is 6.92 Å². The zero-order valence-electron chi connectivity index (χ0n) is 9.32. The van der Waals surface area contributed by atoms with Crippen molar-refractivity contribution < 1.29 is 67.1 Å². The van der Waals surface area contributed by atoms with Crippen LogP contribution in [-0.2, 0) is 20.0 Å². The van der Waals surface area contributed by atoms with Crippen LogP contribution in [0.5, 0.6) is 0 Å². The van der Waals surface area contributed by atoms with Crippen molar-refractivity contribution in [1.29, 1.82) is 0 Å². The molecule has 0 spiro atoms. The fraction of sp³-hybridized carbons (Fsp3) is 1.00. The summed E-state index contributed by atoms with van der Waals surface area (Å²) in [5.41, 5.74) is -12.4. The summed E-state index contributed by atoms with van der Waals surface area (Å²) in [7, 11) is -13.4.